The van der Waals surface area contributed by atoms with Crippen LogP contribution < -0.4 is 4.74 Å². The molecule has 126 valence electrons. The number of aliphatic hydroxyl groups is 1. The largest absolute Gasteiger partial charge is 0.467 e. The van der Waals surface area contributed by atoms with E-state index in [2.05, 4.69) is 23.1 Å². The second-order valence-corrected chi connectivity index (χ2v) is 6.72. The molecule has 2 aliphatic rings. The van der Waals surface area contributed by atoms with Crippen LogP contribution in [0.5, 0.6) is 5.75 Å². The fourth-order valence-electron chi connectivity index (χ4n) is 3.70. The van der Waals surface area contributed by atoms with Crippen LogP contribution in [0.1, 0.15) is 28.3 Å². The molecule has 0 saturated carbocycles. The molecule has 1 atom stereocenters. The topological polar surface area (TPSA) is 41.9 Å². The van der Waals surface area contributed by atoms with Gasteiger partial charge in [0.05, 0.1) is 19.3 Å². The number of benzene rings is 2. The molecule has 0 bridgehead atoms. The maximum atomic E-state index is 9.96. The first-order valence-corrected chi connectivity index (χ1v) is 8.58. The van der Waals surface area contributed by atoms with Gasteiger partial charge in [0.2, 0.25) is 0 Å². The molecule has 0 amide bonds. The van der Waals surface area contributed by atoms with E-state index in [9.17, 15) is 5.11 Å². The van der Waals surface area contributed by atoms with Gasteiger partial charge >= 0.3 is 0 Å². The highest BCUT2D eigenvalue weighted by Crippen LogP contribution is 2.36. The van der Waals surface area contributed by atoms with Gasteiger partial charge in [-0.1, -0.05) is 35.9 Å². The number of hydrogen-bond donors (Lipinski definition) is 1. The van der Waals surface area contributed by atoms with Crippen molar-refractivity contribution < 1.29 is 14.6 Å². The SMILES string of the molecule is OCC1c2ccccc2CCN1Cc1cc(Cl)cc2c1OCOC2. The van der Waals surface area contributed by atoms with Crippen LogP contribution in [-0.4, -0.2) is 30.0 Å². The quantitative estimate of drug-likeness (QED) is 0.926. The second kappa shape index (κ2) is 6.73. The van der Waals surface area contributed by atoms with E-state index in [0.717, 1.165) is 29.8 Å². The summed E-state index contributed by atoms with van der Waals surface area (Å²) < 4.78 is 11.1. The van der Waals surface area contributed by atoms with Gasteiger partial charge in [0.15, 0.2) is 6.79 Å². The number of fused-ring (bicyclic) bond motifs is 2. The molecule has 2 aromatic rings. The van der Waals surface area contributed by atoms with Gasteiger partial charge in [-0.3, -0.25) is 4.90 Å². The summed E-state index contributed by atoms with van der Waals surface area (Å²) >= 11 is 6.27. The third-order valence-corrected chi connectivity index (χ3v) is 5.04. The van der Waals surface area contributed by atoms with Crippen LogP contribution in [0.4, 0.5) is 0 Å². The average Bonchev–Trinajstić information content (AvgIpc) is 2.61. The zero-order chi connectivity index (χ0) is 16.5. The number of halogens is 1. The first kappa shape index (κ1) is 15.9. The molecule has 4 rings (SSSR count). The lowest BCUT2D eigenvalue weighted by molar-refractivity contribution is -0.0178. The van der Waals surface area contributed by atoms with E-state index >= 15 is 0 Å². The van der Waals surface area contributed by atoms with Crippen molar-refractivity contribution in [3.8, 4) is 5.75 Å². The lowest BCUT2D eigenvalue weighted by atomic mass is 9.92. The van der Waals surface area contributed by atoms with Crippen LogP contribution in [0, 0.1) is 0 Å². The van der Waals surface area contributed by atoms with Crippen molar-refractivity contribution in [2.75, 3.05) is 19.9 Å². The van der Waals surface area contributed by atoms with Gasteiger partial charge in [-0.05, 0) is 29.7 Å². The smallest absolute Gasteiger partial charge is 0.189 e. The summed E-state index contributed by atoms with van der Waals surface area (Å²) in [6.07, 6.45) is 0.986. The third-order valence-electron chi connectivity index (χ3n) is 4.82. The number of rotatable bonds is 3. The number of hydrogen-bond acceptors (Lipinski definition) is 4. The maximum absolute atomic E-state index is 9.96. The highest BCUT2D eigenvalue weighted by Gasteiger charge is 2.28. The van der Waals surface area contributed by atoms with Crippen LogP contribution in [0.3, 0.4) is 0 Å². The first-order chi connectivity index (χ1) is 11.8. The van der Waals surface area contributed by atoms with Crippen LogP contribution >= 0.6 is 11.6 Å². The highest BCUT2D eigenvalue weighted by molar-refractivity contribution is 6.30. The lowest BCUT2D eigenvalue weighted by Gasteiger charge is -2.37. The Balaban J connectivity index is 1.65. The molecule has 0 fully saturated rings. The Bertz CT molecular complexity index is 749. The molecule has 0 saturated heterocycles. The Kier molecular flexibility index (Phi) is 4.46. The summed E-state index contributed by atoms with van der Waals surface area (Å²) in [5.74, 6) is 0.876. The van der Waals surface area contributed by atoms with Crippen LogP contribution in [0.15, 0.2) is 36.4 Å². The van der Waals surface area contributed by atoms with Gasteiger partial charge < -0.3 is 14.6 Å². The Morgan fingerprint density at radius 3 is 2.96 bits per heavy atom. The lowest BCUT2D eigenvalue weighted by Crippen LogP contribution is -2.37. The zero-order valence-electron chi connectivity index (χ0n) is 13.4. The van der Waals surface area contributed by atoms with Crippen LogP contribution in [0.25, 0.3) is 0 Å². The number of aliphatic hydroxyl groups excluding tert-OH is 1. The van der Waals surface area contributed by atoms with Crippen molar-refractivity contribution in [3.63, 3.8) is 0 Å². The predicted molar refractivity (Wildman–Crippen MR) is 92.1 cm³/mol. The van der Waals surface area contributed by atoms with Crippen LogP contribution in [-0.2, 0) is 24.3 Å². The molecule has 2 aliphatic heterocycles. The van der Waals surface area contributed by atoms with Gasteiger partial charge in [-0.15, -0.1) is 0 Å². The second-order valence-electron chi connectivity index (χ2n) is 6.28. The van der Waals surface area contributed by atoms with Crippen molar-refractivity contribution in [3.05, 3.63) is 63.7 Å². The van der Waals surface area contributed by atoms with Crippen LogP contribution in [0.2, 0.25) is 5.02 Å². The summed E-state index contributed by atoms with van der Waals surface area (Å²) in [4.78, 5) is 2.30. The van der Waals surface area contributed by atoms with E-state index in [1.165, 1.54) is 11.1 Å². The van der Waals surface area contributed by atoms with E-state index in [4.69, 9.17) is 21.1 Å². The van der Waals surface area contributed by atoms with Crippen molar-refractivity contribution in [2.45, 2.75) is 25.6 Å². The van der Waals surface area contributed by atoms with E-state index in [1.54, 1.807) is 0 Å². The zero-order valence-corrected chi connectivity index (χ0v) is 14.1. The molecule has 5 heteroatoms. The average molecular weight is 346 g/mol. The molecule has 0 aromatic heterocycles. The Morgan fingerprint density at radius 2 is 2.08 bits per heavy atom. The molecule has 24 heavy (non-hydrogen) atoms. The van der Waals surface area contributed by atoms with Gasteiger partial charge in [-0.2, -0.15) is 0 Å². The number of ether oxygens (including phenoxy) is 2. The van der Waals surface area contributed by atoms with Crippen molar-refractivity contribution >= 4 is 11.6 Å². The fraction of sp³-hybridized carbons (Fsp3) is 0.368. The summed E-state index contributed by atoms with van der Waals surface area (Å²) in [7, 11) is 0. The van der Waals surface area contributed by atoms with Crippen molar-refractivity contribution in [2.24, 2.45) is 0 Å². The molecule has 1 N–H and O–H groups in total. The Morgan fingerprint density at radius 1 is 1.21 bits per heavy atom. The van der Waals surface area contributed by atoms with E-state index in [0.29, 0.717) is 18.2 Å². The van der Waals surface area contributed by atoms with E-state index < -0.39 is 0 Å². The molecule has 1 unspecified atom stereocenters. The molecule has 0 radical (unpaired) electrons. The van der Waals surface area contributed by atoms with Crippen molar-refractivity contribution in [1.29, 1.82) is 0 Å². The summed E-state index contributed by atoms with van der Waals surface area (Å²) in [5, 5.41) is 10.7. The van der Waals surface area contributed by atoms with Gasteiger partial charge in [0, 0.05) is 29.2 Å². The fourth-order valence-corrected chi connectivity index (χ4v) is 3.96. The minimum atomic E-state index is 0.00409. The van der Waals surface area contributed by atoms with Gasteiger partial charge in [0.1, 0.15) is 5.75 Å². The molecule has 0 aliphatic carbocycles. The summed E-state index contributed by atoms with van der Waals surface area (Å²) in [6.45, 7) is 2.50. The molecule has 2 heterocycles. The Labute approximate surface area is 146 Å². The normalized spacial score (nSPS) is 20.2. The molecule has 4 nitrogen and oxygen atoms in total. The first-order valence-electron chi connectivity index (χ1n) is 8.21. The van der Waals surface area contributed by atoms with Gasteiger partial charge in [-0.25, -0.2) is 0 Å². The number of nitrogens with zero attached hydrogens (tertiary/aromatic N) is 1. The maximum Gasteiger partial charge on any atom is 0.189 e. The Hall–Kier alpha value is -1.59. The minimum absolute atomic E-state index is 0.00409. The van der Waals surface area contributed by atoms with E-state index in [1.807, 2.05) is 18.2 Å². The predicted octanol–water partition coefficient (Wildman–Crippen LogP) is 3.30. The minimum Gasteiger partial charge on any atom is -0.467 e. The summed E-state index contributed by atoms with van der Waals surface area (Å²) in [5.41, 5.74) is 4.58. The van der Waals surface area contributed by atoms with Gasteiger partial charge in [0.25, 0.3) is 0 Å². The molecular formula is C19H20ClNO3. The standard InChI is InChI=1S/C19H20ClNO3/c20-16-7-14(19-15(8-16)11-23-12-24-19)9-21-6-5-13-3-1-2-4-17(13)18(21)10-22/h1-4,7-8,18,22H,5-6,9-12H2. The molecule has 2 aromatic carbocycles. The summed E-state index contributed by atoms with van der Waals surface area (Å²) in [6, 6.07) is 12.2. The van der Waals surface area contributed by atoms with E-state index in [-0.39, 0.29) is 19.4 Å². The van der Waals surface area contributed by atoms with Crippen molar-refractivity contribution in [1.82, 2.24) is 4.90 Å². The monoisotopic (exact) mass is 345 g/mol. The third kappa shape index (κ3) is 2.91. The highest BCUT2D eigenvalue weighted by atomic mass is 35.5. The molecular weight excluding hydrogens is 326 g/mol. The molecule has 0 spiro atoms.